The highest BCUT2D eigenvalue weighted by Gasteiger charge is 2.13. The van der Waals surface area contributed by atoms with Crippen LogP contribution in [0.2, 0.25) is 0 Å². The van der Waals surface area contributed by atoms with Gasteiger partial charge in [-0.15, -0.1) is 0 Å². The Morgan fingerprint density at radius 2 is 1.69 bits per heavy atom. The van der Waals surface area contributed by atoms with Crippen molar-refractivity contribution in [2.75, 3.05) is 11.9 Å². The fourth-order valence-electron chi connectivity index (χ4n) is 0.946. The maximum Gasteiger partial charge on any atom is 0.322 e. The van der Waals surface area contributed by atoms with E-state index in [-0.39, 0.29) is 0 Å². The first-order chi connectivity index (χ1) is 7.59. The molecular weight excluding hydrogens is 212 g/mol. The Hall–Kier alpha value is -2.37. The van der Waals surface area contributed by atoms with Crippen LogP contribution in [-0.2, 0) is 14.4 Å². The molecule has 0 radical (unpaired) electrons. The third-order valence-corrected chi connectivity index (χ3v) is 1.64. The number of amides is 2. The lowest BCUT2D eigenvalue weighted by molar-refractivity contribution is -0.140. The van der Waals surface area contributed by atoms with E-state index in [1.807, 2.05) is 5.32 Å². The van der Waals surface area contributed by atoms with Crippen LogP contribution in [0.1, 0.15) is 0 Å². The Balaban J connectivity index is 2.46. The van der Waals surface area contributed by atoms with Gasteiger partial charge in [0, 0.05) is 5.69 Å². The number of carbonyl (C=O) groups is 3. The zero-order valence-corrected chi connectivity index (χ0v) is 8.27. The van der Waals surface area contributed by atoms with Crippen LogP contribution in [0.3, 0.4) is 0 Å². The molecule has 1 aromatic rings. The van der Waals surface area contributed by atoms with E-state index in [0.717, 1.165) is 0 Å². The highest BCUT2D eigenvalue weighted by atomic mass is 16.4. The van der Waals surface area contributed by atoms with E-state index in [1.165, 1.54) is 0 Å². The van der Waals surface area contributed by atoms with Crippen molar-refractivity contribution < 1.29 is 19.5 Å². The summed E-state index contributed by atoms with van der Waals surface area (Å²) >= 11 is 0. The van der Waals surface area contributed by atoms with Crippen LogP contribution >= 0.6 is 0 Å². The van der Waals surface area contributed by atoms with E-state index in [2.05, 4.69) is 5.32 Å². The zero-order chi connectivity index (χ0) is 12.0. The number of carbonyl (C=O) groups excluding carboxylic acids is 2. The van der Waals surface area contributed by atoms with Crippen molar-refractivity contribution in [1.82, 2.24) is 5.32 Å². The molecule has 0 saturated heterocycles. The minimum atomic E-state index is -1.21. The van der Waals surface area contributed by atoms with Crippen LogP contribution in [-0.4, -0.2) is 29.4 Å². The number of aliphatic carboxylic acids is 1. The summed E-state index contributed by atoms with van der Waals surface area (Å²) in [5, 5.41) is 12.6. The molecule has 2 amide bonds. The number of para-hydroxylation sites is 1. The van der Waals surface area contributed by atoms with Crippen molar-refractivity contribution in [2.45, 2.75) is 0 Å². The van der Waals surface area contributed by atoms with E-state index in [9.17, 15) is 14.4 Å². The van der Waals surface area contributed by atoms with Crippen molar-refractivity contribution in [2.24, 2.45) is 0 Å². The third-order valence-electron chi connectivity index (χ3n) is 1.64. The second-order valence-electron chi connectivity index (χ2n) is 2.90. The summed E-state index contributed by atoms with van der Waals surface area (Å²) in [4.78, 5) is 32.4. The van der Waals surface area contributed by atoms with Gasteiger partial charge in [-0.05, 0) is 12.1 Å². The first-order valence-corrected chi connectivity index (χ1v) is 4.45. The van der Waals surface area contributed by atoms with Gasteiger partial charge in [-0.2, -0.15) is 0 Å². The molecule has 6 heteroatoms. The van der Waals surface area contributed by atoms with Gasteiger partial charge in [0.15, 0.2) is 0 Å². The molecule has 0 saturated carbocycles. The average molecular weight is 222 g/mol. The summed E-state index contributed by atoms with van der Waals surface area (Å²) in [6.07, 6.45) is 0. The standard InChI is InChI=1S/C10H10N2O4/c13-8(14)6-11-9(15)10(16)12-7-4-2-1-3-5-7/h1-5H,6H2,(H,11,15)(H,12,16)(H,13,14). The molecule has 3 N–H and O–H groups in total. The zero-order valence-electron chi connectivity index (χ0n) is 8.27. The first kappa shape index (κ1) is 11.7. The maximum atomic E-state index is 11.2. The van der Waals surface area contributed by atoms with Crippen molar-refractivity contribution >= 4 is 23.5 Å². The summed E-state index contributed by atoms with van der Waals surface area (Å²) in [5.41, 5.74) is 0.470. The number of nitrogens with one attached hydrogen (secondary N) is 2. The van der Waals surface area contributed by atoms with Crippen molar-refractivity contribution in [3.8, 4) is 0 Å². The number of carboxylic acids is 1. The molecule has 1 rings (SSSR count). The van der Waals surface area contributed by atoms with Gasteiger partial charge in [0.1, 0.15) is 6.54 Å². The Morgan fingerprint density at radius 1 is 1.06 bits per heavy atom. The molecule has 0 aromatic heterocycles. The molecule has 0 aliphatic heterocycles. The van der Waals surface area contributed by atoms with Crippen molar-refractivity contribution in [3.63, 3.8) is 0 Å². The van der Waals surface area contributed by atoms with E-state index in [4.69, 9.17) is 5.11 Å². The average Bonchev–Trinajstić information content (AvgIpc) is 2.27. The quantitative estimate of drug-likeness (QED) is 0.618. The van der Waals surface area contributed by atoms with Gasteiger partial charge in [0.2, 0.25) is 0 Å². The number of rotatable bonds is 3. The van der Waals surface area contributed by atoms with Crippen LogP contribution in [0, 0.1) is 0 Å². The number of hydrogen-bond acceptors (Lipinski definition) is 3. The van der Waals surface area contributed by atoms with Crippen LogP contribution in [0.25, 0.3) is 0 Å². The Kier molecular flexibility index (Phi) is 4.02. The van der Waals surface area contributed by atoms with Crippen LogP contribution in [0.15, 0.2) is 30.3 Å². The van der Waals surface area contributed by atoms with Gasteiger partial charge < -0.3 is 15.7 Å². The number of benzene rings is 1. The van der Waals surface area contributed by atoms with Gasteiger partial charge >= 0.3 is 17.8 Å². The number of carboxylic acid groups (broad SMARTS) is 1. The number of hydrogen-bond donors (Lipinski definition) is 3. The van der Waals surface area contributed by atoms with Crippen molar-refractivity contribution in [1.29, 1.82) is 0 Å². The Morgan fingerprint density at radius 3 is 2.25 bits per heavy atom. The van der Waals surface area contributed by atoms with Crippen LogP contribution in [0.5, 0.6) is 0 Å². The van der Waals surface area contributed by atoms with E-state index in [1.54, 1.807) is 30.3 Å². The highest BCUT2D eigenvalue weighted by Crippen LogP contribution is 2.03. The Bertz CT molecular complexity index is 403. The lowest BCUT2D eigenvalue weighted by Gasteiger charge is -2.04. The lowest BCUT2D eigenvalue weighted by Crippen LogP contribution is -2.38. The van der Waals surface area contributed by atoms with E-state index < -0.39 is 24.3 Å². The summed E-state index contributed by atoms with van der Waals surface area (Å²) < 4.78 is 0. The van der Waals surface area contributed by atoms with Gasteiger partial charge in [-0.1, -0.05) is 18.2 Å². The summed E-state index contributed by atoms with van der Waals surface area (Å²) in [5.74, 6) is -3.08. The Labute approximate surface area is 91.3 Å². The minimum absolute atomic E-state index is 0.470. The van der Waals surface area contributed by atoms with Gasteiger partial charge in [0.05, 0.1) is 0 Å². The molecule has 0 heterocycles. The molecule has 0 aliphatic rings. The topological polar surface area (TPSA) is 95.5 Å². The molecule has 0 spiro atoms. The predicted molar refractivity (Wildman–Crippen MR) is 55.7 cm³/mol. The van der Waals surface area contributed by atoms with E-state index >= 15 is 0 Å². The highest BCUT2D eigenvalue weighted by molar-refractivity contribution is 6.39. The molecule has 6 nitrogen and oxygen atoms in total. The predicted octanol–water partition coefficient (Wildman–Crippen LogP) is -0.174. The monoisotopic (exact) mass is 222 g/mol. The molecule has 0 fully saturated rings. The number of anilines is 1. The maximum absolute atomic E-state index is 11.2. The molecule has 0 aliphatic carbocycles. The molecule has 0 unspecified atom stereocenters. The van der Waals surface area contributed by atoms with Crippen LogP contribution < -0.4 is 10.6 Å². The van der Waals surface area contributed by atoms with E-state index in [0.29, 0.717) is 5.69 Å². The SMILES string of the molecule is O=C(O)CNC(=O)C(=O)Nc1ccccc1. The molecule has 1 aromatic carbocycles. The fourth-order valence-corrected chi connectivity index (χ4v) is 0.946. The summed E-state index contributed by atoms with van der Waals surface area (Å²) in [6.45, 7) is -0.582. The molecule has 0 atom stereocenters. The molecule has 0 bridgehead atoms. The second-order valence-corrected chi connectivity index (χ2v) is 2.90. The summed E-state index contributed by atoms with van der Waals surface area (Å²) in [7, 11) is 0. The lowest BCUT2D eigenvalue weighted by atomic mass is 10.3. The van der Waals surface area contributed by atoms with Crippen LogP contribution in [0.4, 0.5) is 5.69 Å². The van der Waals surface area contributed by atoms with Crippen molar-refractivity contribution in [3.05, 3.63) is 30.3 Å². The normalized spacial score (nSPS) is 9.25. The second kappa shape index (κ2) is 5.50. The molecular formula is C10H10N2O4. The molecule has 16 heavy (non-hydrogen) atoms. The summed E-state index contributed by atoms with van der Waals surface area (Å²) in [6, 6.07) is 8.39. The van der Waals surface area contributed by atoms with Gasteiger partial charge in [-0.25, -0.2) is 0 Å². The molecule has 84 valence electrons. The minimum Gasteiger partial charge on any atom is -0.480 e. The van der Waals surface area contributed by atoms with Gasteiger partial charge in [-0.3, -0.25) is 14.4 Å². The third kappa shape index (κ3) is 3.79. The largest absolute Gasteiger partial charge is 0.480 e. The first-order valence-electron chi connectivity index (χ1n) is 4.45. The smallest absolute Gasteiger partial charge is 0.322 e. The van der Waals surface area contributed by atoms with Gasteiger partial charge in [0.25, 0.3) is 0 Å². The fraction of sp³-hybridized carbons (Fsp3) is 0.100.